The molecular weight excluding hydrogens is 184 g/mol. The Morgan fingerprint density at radius 2 is 1.53 bits per heavy atom. The Hall–Kier alpha value is -1.96. The third kappa shape index (κ3) is 2.10. The summed E-state index contributed by atoms with van der Waals surface area (Å²) in [6.07, 6.45) is 0. The molecule has 0 aliphatic carbocycles. The summed E-state index contributed by atoms with van der Waals surface area (Å²) in [6, 6.07) is 18.1. The first-order valence-corrected chi connectivity index (χ1v) is 4.92. The van der Waals surface area contributed by atoms with E-state index in [-0.39, 0.29) is 0 Å². The van der Waals surface area contributed by atoms with Crippen LogP contribution in [0, 0.1) is 0 Å². The monoisotopic (exact) mass is 198 g/mol. The van der Waals surface area contributed by atoms with Gasteiger partial charge < -0.3 is 10.6 Å². The highest BCUT2D eigenvalue weighted by molar-refractivity contribution is 5.65. The van der Waals surface area contributed by atoms with Gasteiger partial charge in [-0.05, 0) is 30.3 Å². The summed E-state index contributed by atoms with van der Waals surface area (Å²) >= 11 is 0. The highest BCUT2D eigenvalue weighted by Gasteiger charge is 2.02. The van der Waals surface area contributed by atoms with Gasteiger partial charge in [-0.25, -0.2) is 0 Å². The van der Waals surface area contributed by atoms with E-state index >= 15 is 0 Å². The number of anilines is 3. The number of nitrogen functional groups attached to an aromatic ring is 1. The van der Waals surface area contributed by atoms with Crippen molar-refractivity contribution in [3.05, 3.63) is 54.6 Å². The molecule has 15 heavy (non-hydrogen) atoms. The van der Waals surface area contributed by atoms with Gasteiger partial charge in [-0.15, -0.1) is 0 Å². The van der Waals surface area contributed by atoms with Crippen LogP contribution in [0.15, 0.2) is 54.6 Å². The third-order valence-electron chi connectivity index (χ3n) is 2.40. The number of hydrogen-bond acceptors (Lipinski definition) is 2. The van der Waals surface area contributed by atoms with Crippen molar-refractivity contribution in [2.45, 2.75) is 0 Å². The molecule has 2 aromatic carbocycles. The van der Waals surface area contributed by atoms with Gasteiger partial charge in [0.05, 0.1) is 0 Å². The van der Waals surface area contributed by atoms with Crippen LogP contribution in [0.5, 0.6) is 0 Å². The molecular formula is C13H14N2. The smallest absolute Gasteiger partial charge is 0.0428 e. The van der Waals surface area contributed by atoms with Crippen LogP contribution in [0.2, 0.25) is 0 Å². The van der Waals surface area contributed by atoms with E-state index in [0.29, 0.717) is 0 Å². The zero-order valence-electron chi connectivity index (χ0n) is 8.72. The quantitative estimate of drug-likeness (QED) is 0.751. The lowest BCUT2D eigenvalue weighted by Gasteiger charge is -2.19. The molecule has 2 aromatic rings. The van der Waals surface area contributed by atoms with Crippen molar-refractivity contribution in [3.63, 3.8) is 0 Å². The second-order valence-corrected chi connectivity index (χ2v) is 3.49. The molecule has 2 N–H and O–H groups in total. The van der Waals surface area contributed by atoms with E-state index in [1.807, 2.05) is 49.5 Å². The average molecular weight is 198 g/mol. The second kappa shape index (κ2) is 4.05. The maximum Gasteiger partial charge on any atom is 0.0428 e. The first-order valence-electron chi connectivity index (χ1n) is 4.92. The summed E-state index contributed by atoms with van der Waals surface area (Å²) in [6.45, 7) is 0. The normalized spacial score (nSPS) is 9.93. The first-order chi connectivity index (χ1) is 7.27. The number of rotatable bonds is 2. The zero-order valence-corrected chi connectivity index (χ0v) is 8.72. The van der Waals surface area contributed by atoms with Gasteiger partial charge >= 0.3 is 0 Å². The fraction of sp³-hybridized carbons (Fsp3) is 0.0769. The van der Waals surface area contributed by atoms with Gasteiger partial charge in [-0.1, -0.05) is 24.3 Å². The standard InChI is InChI=1S/C13H14N2/c1-15(12-7-3-2-4-8-12)13-9-5-6-11(14)10-13/h2-10H,14H2,1H3. The second-order valence-electron chi connectivity index (χ2n) is 3.49. The summed E-state index contributed by atoms with van der Waals surface area (Å²) in [7, 11) is 2.03. The van der Waals surface area contributed by atoms with Crippen molar-refractivity contribution in [1.29, 1.82) is 0 Å². The van der Waals surface area contributed by atoms with E-state index < -0.39 is 0 Å². The Morgan fingerprint density at radius 3 is 2.20 bits per heavy atom. The molecule has 0 amide bonds. The minimum atomic E-state index is 0.787. The molecule has 0 radical (unpaired) electrons. The van der Waals surface area contributed by atoms with E-state index in [4.69, 9.17) is 5.73 Å². The van der Waals surface area contributed by atoms with Crippen LogP contribution in [0.1, 0.15) is 0 Å². The zero-order chi connectivity index (χ0) is 10.7. The van der Waals surface area contributed by atoms with Crippen molar-refractivity contribution >= 4 is 17.1 Å². The van der Waals surface area contributed by atoms with Crippen molar-refractivity contribution in [3.8, 4) is 0 Å². The van der Waals surface area contributed by atoms with Crippen LogP contribution in [-0.2, 0) is 0 Å². The largest absolute Gasteiger partial charge is 0.399 e. The lowest BCUT2D eigenvalue weighted by atomic mass is 10.2. The summed E-state index contributed by atoms with van der Waals surface area (Å²) in [5, 5.41) is 0. The molecule has 0 bridgehead atoms. The number of para-hydroxylation sites is 1. The van der Waals surface area contributed by atoms with E-state index in [1.165, 1.54) is 0 Å². The first kappa shape index (κ1) is 9.59. The molecule has 0 spiro atoms. The molecule has 2 nitrogen and oxygen atoms in total. The Balaban J connectivity index is 2.32. The van der Waals surface area contributed by atoms with Gasteiger partial charge in [-0.3, -0.25) is 0 Å². The minimum Gasteiger partial charge on any atom is -0.399 e. The number of benzene rings is 2. The summed E-state index contributed by atoms with van der Waals surface area (Å²) in [4.78, 5) is 2.11. The Morgan fingerprint density at radius 1 is 0.867 bits per heavy atom. The molecule has 0 atom stereocenters. The van der Waals surface area contributed by atoms with Gasteiger partial charge in [0.2, 0.25) is 0 Å². The van der Waals surface area contributed by atoms with Crippen LogP contribution in [-0.4, -0.2) is 7.05 Å². The lowest BCUT2D eigenvalue weighted by Crippen LogP contribution is -2.09. The molecule has 0 aliphatic heterocycles. The topological polar surface area (TPSA) is 29.3 Å². The molecule has 0 saturated heterocycles. The Kier molecular flexibility index (Phi) is 2.59. The number of nitrogens with zero attached hydrogens (tertiary/aromatic N) is 1. The van der Waals surface area contributed by atoms with Crippen LogP contribution in [0.3, 0.4) is 0 Å². The molecule has 0 unspecified atom stereocenters. The van der Waals surface area contributed by atoms with Crippen molar-refractivity contribution in [2.24, 2.45) is 0 Å². The highest BCUT2D eigenvalue weighted by Crippen LogP contribution is 2.24. The predicted octanol–water partition coefficient (Wildman–Crippen LogP) is 3.04. The third-order valence-corrected chi connectivity index (χ3v) is 2.40. The van der Waals surface area contributed by atoms with Gasteiger partial charge in [0.15, 0.2) is 0 Å². The van der Waals surface area contributed by atoms with Gasteiger partial charge in [0, 0.05) is 24.1 Å². The van der Waals surface area contributed by atoms with Crippen LogP contribution < -0.4 is 10.6 Å². The molecule has 2 heteroatoms. The van der Waals surface area contributed by atoms with Crippen LogP contribution >= 0.6 is 0 Å². The fourth-order valence-corrected chi connectivity index (χ4v) is 1.53. The predicted molar refractivity (Wildman–Crippen MR) is 65.4 cm³/mol. The van der Waals surface area contributed by atoms with Crippen molar-refractivity contribution in [2.75, 3.05) is 17.7 Å². The SMILES string of the molecule is CN(c1ccccc1)c1cccc(N)c1. The molecule has 0 fully saturated rings. The highest BCUT2D eigenvalue weighted by atomic mass is 15.1. The fourth-order valence-electron chi connectivity index (χ4n) is 1.53. The Labute approximate surface area is 90.0 Å². The number of nitrogens with two attached hydrogens (primary N) is 1. The summed E-state index contributed by atoms with van der Waals surface area (Å²) < 4.78 is 0. The van der Waals surface area contributed by atoms with Crippen LogP contribution in [0.25, 0.3) is 0 Å². The average Bonchev–Trinajstić information content (AvgIpc) is 2.29. The van der Waals surface area contributed by atoms with E-state index in [2.05, 4.69) is 17.0 Å². The summed E-state index contributed by atoms with van der Waals surface area (Å²) in [5.74, 6) is 0. The van der Waals surface area contributed by atoms with Crippen molar-refractivity contribution < 1.29 is 0 Å². The van der Waals surface area contributed by atoms with Gasteiger partial charge in [0.25, 0.3) is 0 Å². The molecule has 0 aromatic heterocycles. The molecule has 0 heterocycles. The van der Waals surface area contributed by atoms with Crippen molar-refractivity contribution in [1.82, 2.24) is 0 Å². The summed E-state index contributed by atoms with van der Waals surface area (Å²) in [5.41, 5.74) is 8.79. The molecule has 2 rings (SSSR count). The lowest BCUT2D eigenvalue weighted by molar-refractivity contribution is 1.21. The van der Waals surface area contributed by atoms with Crippen LogP contribution in [0.4, 0.5) is 17.1 Å². The van der Waals surface area contributed by atoms with E-state index in [1.54, 1.807) is 0 Å². The van der Waals surface area contributed by atoms with Gasteiger partial charge in [-0.2, -0.15) is 0 Å². The van der Waals surface area contributed by atoms with E-state index in [9.17, 15) is 0 Å². The molecule has 76 valence electrons. The minimum absolute atomic E-state index is 0.787. The maximum absolute atomic E-state index is 5.75. The molecule has 0 aliphatic rings. The Bertz CT molecular complexity index is 437. The van der Waals surface area contributed by atoms with E-state index in [0.717, 1.165) is 17.1 Å². The molecule has 0 saturated carbocycles. The van der Waals surface area contributed by atoms with Gasteiger partial charge in [0.1, 0.15) is 0 Å². The number of hydrogen-bond donors (Lipinski definition) is 1. The maximum atomic E-state index is 5.75.